The number of carbonyl (C=O) groups is 1. The Morgan fingerprint density at radius 2 is 2.17 bits per heavy atom. The number of amides is 1. The van der Waals surface area contributed by atoms with Crippen LogP contribution in [0.1, 0.15) is 33.1 Å². The summed E-state index contributed by atoms with van der Waals surface area (Å²) in [5.41, 5.74) is -0.924. The first-order valence-electron chi connectivity index (χ1n) is 8.31. The van der Waals surface area contributed by atoms with Gasteiger partial charge < -0.3 is 14.4 Å². The molecule has 0 bridgehead atoms. The molecular formula is C18H24ClNO3. The highest BCUT2D eigenvalue weighted by molar-refractivity contribution is 6.30. The highest BCUT2D eigenvalue weighted by Crippen LogP contribution is 2.33. The fraction of sp³-hybridized carbons (Fsp3) is 0.611. The van der Waals surface area contributed by atoms with E-state index in [4.69, 9.17) is 21.1 Å². The van der Waals surface area contributed by atoms with E-state index in [0.29, 0.717) is 36.4 Å². The van der Waals surface area contributed by atoms with Crippen LogP contribution in [0.15, 0.2) is 24.3 Å². The zero-order valence-corrected chi connectivity index (χ0v) is 14.5. The maximum Gasteiger partial charge on any atom is 0.266 e. The Hall–Kier alpha value is -1.26. The third-order valence-electron chi connectivity index (χ3n) is 4.74. The second kappa shape index (κ2) is 6.70. The summed E-state index contributed by atoms with van der Waals surface area (Å²) < 4.78 is 11.8. The molecule has 2 aliphatic rings. The van der Waals surface area contributed by atoms with Gasteiger partial charge in [-0.1, -0.05) is 24.1 Å². The topological polar surface area (TPSA) is 38.8 Å². The average molecular weight is 338 g/mol. The van der Waals surface area contributed by atoms with Crippen molar-refractivity contribution in [3.8, 4) is 5.75 Å². The summed E-state index contributed by atoms with van der Waals surface area (Å²) in [6, 6.07) is 7.15. The maximum absolute atomic E-state index is 12.9. The van der Waals surface area contributed by atoms with Crippen molar-refractivity contribution in [2.75, 3.05) is 19.7 Å². The summed E-state index contributed by atoms with van der Waals surface area (Å²) in [5.74, 6) is 1.23. The molecule has 2 fully saturated rings. The van der Waals surface area contributed by atoms with Crippen molar-refractivity contribution in [3.63, 3.8) is 0 Å². The number of hydrogen-bond acceptors (Lipinski definition) is 3. The van der Waals surface area contributed by atoms with Crippen molar-refractivity contribution in [2.24, 2.45) is 5.92 Å². The van der Waals surface area contributed by atoms with Gasteiger partial charge in [-0.05, 0) is 50.8 Å². The molecule has 1 aromatic rings. The van der Waals surface area contributed by atoms with Crippen LogP contribution in [0.5, 0.6) is 5.75 Å². The molecule has 1 heterocycles. The van der Waals surface area contributed by atoms with Gasteiger partial charge in [-0.2, -0.15) is 0 Å². The molecule has 1 saturated heterocycles. The second-order valence-corrected chi connectivity index (χ2v) is 7.36. The molecule has 1 unspecified atom stereocenters. The number of ether oxygens (including phenoxy) is 2. The number of carbonyl (C=O) groups excluding carboxylic acids is 1. The zero-order valence-electron chi connectivity index (χ0n) is 13.8. The number of halogens is 1. The molecule has 23 heavy (non-hydrogen) atoms. The van der Waals surface area contributed by atoms with Crippen LogP contribution in [-0.2, 0) is 9.53 Å². The Morgan fingerprint density at radius 3 is 2.83 bits per heavy atom. The SMILES string of the molecule is CC(C)(Oc1cccc(Cl)c1)C(=O)N1CCOC(C2CCC2)C1. The lowest BCUT2D eigenvalue weighted by molar-refractivity contribution is -0.156. The summed E-state index contributed by atoms with van der Waals surface area (Å²) in [5, 5.41) is 0.599. The molecule has 0 aromatic heterocycles. The third-order valence-corrected chi connectivity index (χ3v) is 4.98. The zero-order chi connectivity index (χ0) is 16.4. The maximum atomic E-state index is 12.9. The van der Waals surface area contributed by atoms with Crippen LogP contribution >= 0.6 is 11.6 Å². The van der Waals surface area contributed by atoms with E-state index in [-0.39, 0.29) is 12.0 Å². The first-order valence-corrected chi connectivity index (χ1v) is 8.69. The highest BCUT2D eigenvalue weighted by Gasteiger charge is 2.39. The van der Waals surface area contributed by atoms with Crippen molar-refractivity contribution in [2.45, 2.75) is 44.8 Å². The molecule has 126 valence electrons. The second-order valence-electron chi connectivity index (χ2n) is 6.92. The minimum Gasteiger partial charge on any atom is -0.478 e. The minimum atomic E-state index is -0.924. The number of hydrogen-bond donors (Lipinski definition) is 0. The third kappa shape index (κ3) is 3.81. The lowest BCUT2D eigenvalue weighted by atomic mass is 9.80. The smallest absolute Gasteiger partial charge is 0.266 e. The molecular weight excluding hydrogens is 314 g/mol. The molecule has 1 atom stereocenters. The van der Waals surface area contributed by atoms with E-state index in [9.17, 15) is 4.79 Å². The van der Waals surface area contributed by atoms with Gasteiger partial charge in [0.15, 0.2) is 5.60 Å². The molecule has 4 nitrogen and oxygen atoms in total. The Labute approximate surface area is 142 Å². The molecule has 1 aliphatic carbocycles. The summed E-state index contributed by atoms with van der Waals surface area (Å²) in [4.78, 5) is 14.8. The van der Waals surface area contributed by atoms with E-state index in [1.807, 2.05) is 30.9 Å². The molecule has 1 aliphatic heterocycles. The van der Waals surface area contributed by atoms with Gasteiger partial charge in [0.25, 0.3) is 5.91 Å². The van der Waals surface area contributed by atoms with Gasteiger partial charge in [0.1, 0.15) is 5.75 Å². The first kappa shape index (κ1) is 16.6. The van der Waals surface area contributed by atoms with Crippen LogP contribution in [0.25, 0.3) is 0 Å². The van der Waals surface area contributed by atoms with Crippen molar-refractivity contribution in [1.82, 2.24) is 4.90 Å². The van der Waals surface area contributed by atoms with Crippen molar-refractivity contribution in [3.05, 3.63) is 29.3 Å². The lowest BCUT2D eigenvalue weighted by Gasteiger charge is -2.42. The van der Waals surface area contributed by atoms with Crippen LogP contribution in [0.3, 0.4) is 0 Å². The van der Waals surface area contributed by atoms with Crippen LogP contribution in [0.4, 0.5) is 0 Å². The number of morpholine rings is 1. The Bertz CT molecular complexity index is 571. The standard InChI is InChI=1S/C18H24ClNO3/c1-18(2,23-15-8-4-7-14(19)11-15)17(21)20-9-10-22-16(12-20)13-5-3-6-13/h4,7-8,11,13,16H,3,5-6,9-10,12H2,1-2H3. The van der Waals surface area contributed by atoms with Crippen molar-refractivity contribution in [1.29, 1.82) is 0 Å². The van der Waals surface area contributed by atoms with E-state index in [1.165, 1.54) is 19.3 Å². The largest absolute Gasteiger partial charge is 0.478 e. The summed E-state index contributed by atoms with van der Waals surface area (Å²) >= 11 is 5.99. The fourth-order valence-electron chi connectivity index (χ4n) is 3.21. The van der Waals surface area contributed by atoms with Gasteiger partial charge in [-0.15, -0.1) is 0 Å². The first-order chi connectivity index (χ1) is 11.0. The van der Waals surface area contributed by atoms with Gasteiger partial charge in [0, 0.05) is 18.1 Å². The molecule has 1 saturated carbocycles. The molecule has 0 spiro atoms. The summed E-state index contributed by atoms with van der Waals surface area (Å²) in [7, 11) is 0. The Kier molecular flexibility index (Phi) is 4.83. The normalized spacial score (nSPS) is 22.6. The highest BCUT2D eigenvalue weighted by atomic mass is 35.5. The van der Waals surface area contributed by atoms with Crippen LogP contribution in [0, 0.1) is 5.92 Å². The van der Waals surface area contributed by atoms with Gasteiger partial charge >= 0.3 is 0 Å². The van der Waals surface area contributed by atoms with Crippen LogP contribution in [0.2, 0.25) is 5.02 Å². The monoisotopic (exact) mass is 337 g/mol. The van der Waals surface area contributed by atoms with Crippen molar-refractivity contribution >= 4 is 17.5 Å². The van der Waals surface area contributed by atoms with E-state index >= 15 is 0 Å². The Balaban J connectivity index is 1.65. The summed E-state index contributed by atoms with van der Waals surface area (Å²) in [6.45, 7) is 5.53. The number of rotatable bonds is 4. The molecule has 0 radical (unpaired) electrons. The molecule has 1 aromatic carbocycles. The molecule has 1 amide bonds. The van der Waals surface area contributed by atoms with Crippen molar-refractivity contribution < 1.29 is 14.3 Å². The van der Waals surface area contributed by atoms with Crippen LogP contribution < -0.4 is 4.74 Å². The fourth-order valence-corrected chi connectivity index (χ4v) is 3.39. The van der Waals surface area contributed by atoms with E-state index in [0.717, 1.165) is 0 Å². The quantitative estimate of drug-likeness (QED) is 0.843. The number of benzene rings is 1. The van der Waals surface area contributed by atoms with E-state index < -0.39 is 5.60 Å². The van der Waals surface area contributed by atoms with Gasteiger partial charge in [-0.25, -0.2) is 0 Å². The molecule has 0 N–H and O–H groups in total. The van der Waals surface area contributed by atoms with Gasteiger partial charge in [-0.3, -0.25) is 4.79 Å². The minimum absolute atomic E-state index is 0.00472. The van der Waals surface area contributed by atoms with E-state index in [2.05, 4.69) is 0 Å². The predicted molar refractivity (Wildman–Crippen MR) is 89.8 cm³/mol. The summed E-state index contributed by atoms with van der Waals surface area (Å²) in [6.07, 6.45) is 3.90. The molecule has 5 heteroatoms. The Morgan fingerprint density at radius 1 is 1.39 bits per heavy atom. The van der Waals surface area contributed by atoms with Crippen LogP contribution in [-0.4, -0.2) is 42.2 Å². The molecule has 3 rings (SSSR count). The van der Waals surface area contributed by atoms with E-state index in [1.54, 1.807) is 12.1 Å². The lowest BCUT2D eigenvalue weighted by Crippen LogP contribution is -2.56. The number of nitrogens with zero attached hydrogens (tertiary/aromatic N) is 1. The van der Waals surface area contributed by atoms with Gasteiger partial charge in [0.2, 0.25) is 0 Å². The average Bonchev–Trinajstić information content (AvgIpc) is 2.44. The van der Waals surface area contributed by atoms with Gasteiger partial charge in [0.05, 0.1) is 12.7 Å². The predicted octanol–water partition coefficient (Wildman–Crippen LogP) is 3.52.